The van der Waals surface area contributed by atoms with E-state index >= 15 is 0 Å². The molecule has 120 valence electrons. The molecule has 1 amide bonds. The summed E-state index contributed by atoms with van der Waals surface area (Å²) >= 11 is 6.12. The van der Waals surface area contributed by atoms with Crippen LogP contribution in [0.2, 0.25) is 5.02 Å². The van der Waals surface area contributed by atoms with E-state index in [2.05, 4.69) is 10.1 Å². The number of pyridine rings is 1. The Hall–Kier alpha value is -2.54. The van der Waals surface area contributed by atoms with Crippen LogP contribution in [0.4, 0.5) is 0 Å². The molecule has 3 heterocycles. The predicted molar refractivity (Wildman–Crippen MR) is 85.8 cm³/mol. The first kappa shape index (κ1) is 15.4. The molecule has 0 unspecified atom stereocenters. The molecule has 0 saturated carbocycles. The Balaban J connectivity index is 2.22. The highest BCUT2D eigenvalue weighted by molar-refractivity contribution is 6.34. The van der Waals surface area contributed by atoms with Gasteiger partial charge in [-0.1, -0.05) is 11.6 Å². The molecular weight excluding hydrogens is 320 g/mol. The number of halogens is 1. The minimum Gasteiger partial charge on any atom is -0.492 e. The number of carbonyl (C=O) groups is 1. The van der Waals surface area contributed by atoms with Crippen molar-refractivity contribution in [3.63, 3.8) is 0 Å². The first-order valence-corrected chi connectivity index (χ1v) is 7.19. The number of amides is 1. The fourth-order valence-corrected chi connectivity index (χ4v) is 2.54. The van der Waals surface area contributed by atoms with Crippen LogP contribution in [0.3, 0.4) is 0 Å². The van der Waals surface area contributed by atoms with Crippen molar-refractivity contribution < 1.29 is 13.9 Å². The van der Waals surface area contributed by atoms with Crippen LogP contribution >= 0.6 is 11.6 Å². The Kier molecular flexibility index (Phi) is 3.73. The number of nitrogens with zero attached hydrogens (tertiary/aromatic N) is 4. The summed E-state index contributed by atoms with van der Waals surface area (Å²) < 4.78 is 12.7. The van der Waals surface area contributed by atoms with E-state index < -0.39 is 0 Å². The van der Waals surface area contributed by atoms with Gasteiger partial charge in [0, 0.05) is 33.4 Å². The smallest absolute Gasteiger partial charge is 0.277 e. The molecule has 7 nitrogen and oxygen atoms in total. The van der Waals surface area contributed by atoms with E-state index in [4.69, 9.17) is 20.8 Å². The number of methoxy groups -OCH3 is 1. The fourth-order valence-electron chi connectivity index (χ4n) is 2.34. The Bertz CT molecular complexity index is 898. The summed E-state index contributed by atoms with van der Waals surface area (Å²) in [4.78, 5) is 17.9. The van der Waals surface area contributed by atoms with Gasteiger partial charge in [-0.25, -0.2) is 0 Å². The van der Waals surface area contributed by atoms with Crippen LogP contribution in [0.5, 0.6) is 5.75 Å². The standard InChI is InChI=1S/C15H15ClN4O3/c1-19(2)15(21)11-14(22-4)12(20(3)18-11)10-7-9-13(23-10)8(16)5-6-17-9/h5-7H,1-4H3. The molecule has 0 radical (unpaired) electrons. The number of rotatable bonds is 3. The minimum atomic E-state index is -0.254. The van der Waals surface area contributed by atoms with E-state index in [0.29, 0.717) is 33.3 Å². The average Bonchev–Trinajstić information content (AvgIpc) is 3.07. The second-order valence-corrected chi connectivity index (χ2v) is 5.58. The Morgan fingerprint density at radius 3 is 2.78 bits per heavy atom. The maximum absolute atomic E-state index is 12.3. The number of fused-ring (bicyclic) bond motifs is 1. The summed E-state index contributed by atoms with van der Waals surface area (Å²) in [5.74, 6) is 0.572. The molecule has 0 N–H and O–H groups in total. The van der Waals surface area contributed by atoms with Crippen LogP contribution in [0.1, 0.15) is 10.5 Å². The number of carbonyl (C=O) groups excluding carboxylic acids is 1. The molecule has 0 bridgehead atoms. The van der Waals surface area contributed by atoms with E-state index in [-0.39, 0.29) is 11.6 Å². The van der Waals surface area contributed by atoms with Crippen molar-refractivity contribution in [2.75, 3.05) is 21.2 Å². The highest BCUT2D eigenvalue weighted by Crippen LogP contribution is 2.37. The zero-order chi connectivity index (χ0) is 16.7. The van der Waals surface area contributed by atoms with Crippen LogP contribution in [0.25, 0.3) is 22.6 Å². The van der Waals surface area contributed by atoms with Gasteiger partial charge in [-0.2, -0.15) is 5.10 Å². The highest BCUT2D eigenvalue weighted by Gasteiger charge is 2.27. The lowest BCUT2D eigenvalue weighted by Crippen LogP contribution is -2.22. The topological polar surface area (TPSA) is 73.4 Å². The SMILES string of the molecule is COc1c(C(=O)N(C)C)nn(C)c1-c1cc2nccc(Cl)c2o1. The molecule has 0 fully saturated rings. The van der Waals surface area contributed by atoms with Gasteiger partial charge in [0.15, 0.2) is 22.8 Å². The summed E-state index contributed by atoms with van der Waals surface area (Å²) in [5.41, 5.74) is 1.87. The largest absolute Gasteiger partial charge is 0.492 e. The van der Waals surface area contributed by atoms with Gasteiger partial charge in [0.2, 0.25) is 0 Å². The lowest BCUT2D eigenvalue weighted by molar-refractivity contribution is 0.0818. The monoisotopic (exact) mass is 334 g/mol. The molecule has 3 rings (SSSR count). The molecule has 0 spiro atoms. The minimum absolute atomic E-state index is 0.217. The highest BCUT2D eigenvalue weighted by atomic mass is 35.5. The number of hydrogen-bond donors (Lipinski definition) is 0. The first-order chi connectivity index (χ1) is 10.9. The van der Waals surface area contributed by atoms with Crippen LogP contribution < -0.4 is 4.74 Å². The molecule has 23 heavy (non-hydrogen) atoms. The molecule has 0 aromatic carbocycles. The van der Waals surface area contributed by atoms with Crippen molar-refractivity contribution in [1.29, 1.82) is 0 Å². The third-order valence-electron chi connectivity index (χ3n) is 3.41. The van der Waals surface area contributed by atoms with Gasteiger partial charge >= 0.3 is 0 Å². The summed E-state index contributed by atoms with van der Waals surface area (Å²) in [7, 11) is 6.51. The third-order valence-corrected chi connectivity index (χ3v) is 3.71. The zero-order valence-electron chi connectivity index (χ0n) is 13.1. The first-order valence-electron chi connectivity index (χ1n) is 6.81. The molecule has 8 heteroatoms. The van der Waals surface area contributed by atoms with Crippen molar-refractivity contribution in [1.82, 2.24) is 19.7 Å². The summed E-state index contributed by atoms with van der Waals surface area (Å²) in [6.45, 7) is 0. The normalized spacial score (nSPS) is 11.0. The van der Waals surface area contributed by atoms with Gasteiger partial charge in [0.1, 0.15) is 11.2 Å². The van der Waals surface area contributed by atoms with Crippen LogP contribution in [-0.4, -0.2) is 46.8 Å². The summed E-state index contributed by atoms with van der Waals surface area (Å²) in [5, 5.41) is 4.72. The zero-order valence-corrected chi connectivity index (χ0v) is 13.9. The van der Waals surface area contributed by atoms with Crippen molar-refractivity contribution in [3.05, 3.63) is 29.0 Å². The molecule has 0 aliphatic carbocycles. The van der Waals surface area contributed by atoms with Crippen molar-refractivity contribution in [2.45, 2.75) is 0 Å². The quantitative estimate of drug-likeness (QED) is 0.736. The van der Waals surface area contributed by atoms with E-state index in [9.17, 15) is 4.79 Å². The second-order valence-electron chi connectivity index (χ2n) is 5.17. The van der Waals surface area contributed by atoms with Gasteiger partial charge in [0.25, 0.3) is 5.91 Å². The van der Waals surface area contributed by atoms with E-state index in [1.165, 1.54) is 12.0 Å². The van der Waals surface area contributed by atoms with Gasteiger partial charge < -0.3 is 14.1 Å². The van der Waals surface area contributed by atoms with Crippen molar-refractivity contribution in [3.8, 4) is 17.2 Å². The Morgan fingerprint density at radius 1 is 1.43 bits per heavy atom. The Morgan fingerprint density at radius 2 is 2.17 bits per heavy atom. The molecular formula is C15H15ClN4O3. The number of aryl methyl sites for hydroxylation is 1. The van der Waals surface area contributed by atoms with E-state index in [1.54, 1.807) is 44.2 Å². The maximum atomic E-state index is 12.3. The van der Waals surface area contributed by atoms with E-state index in [1.807, 2.05) is 0 Å². The van der Waals surface area contributed by atoms with Gasteiger partial charge in [-0.3, -0.25) is 14.5 Å². The van der Waals surface area contributed by atoms with Gasteiger partial charge in [-0.15, -0.1) is 0 Å². The molecule has 3 aromatic heterocycles. The van der Waals surface area contributed by atoms with Gasteiger partial charge in [0.05, 0.1) is 12.1 Å². The van der Waals surface area contributed by atoms with Crippen LogP contribution in [0, 0.1) is 0 Å². The molecule has 0 aliphatic rings. The van der Waals surface area contributed by atoms with Crippen LogP contribution in [0.15, 0.2) is 22.7 Å². The van der Waals surface area contributed by atoms with Crippen molar-refractivity contribution in [2.24, 2.45) is 7.05 Å². The van der Waals surface area contributed by atoms with Crippen LogP contribution in [-0.2, 0) is 7.05 Å². The molecule has 0 atom stereocenters. The van der Waals surface area contributed by atoms with E-state index in [0.717, 1.165) is 0 Å². The number of ether oxygens (including phenoxy) is 1. The predicted octanol–water partition coefficient (Wildman–Crippen LogP) is 2.59. The fraction of sp³-hybridized carbons (Fsp3) is 0.267. The number of aromatic nitrogens is 3. The second kappa shape index (κ2) is 5.58. The maximum Gasteiger partial charge on any atom is 0.277 e. The number of hydrogen-bond acceptors (Lipinski definition) is 5. The summed E-state index contributed by atoms with van der Waals surface area (Å²) in [6, 6.07) is 3.39. The lowest BCUT2D eigenvalue weighted by atomic mass is 10.2. The summed E-state index contributed by atoms with van der Waals surface area (Å²) in [6.07, 6.45) is 1.60. The molecule has 0 aliphatic heterocycles. The molecule has 0 saturated heterocycles. The number of furan rings is 1. The van der Waals surface area contributed by atoms with Crippen molar-refractivity contribution >= 4 is 28.6 Å². The lowest BCUT2D eigenvalue weighted by Gasteiger charge is -2.08. The average molecular weight is 335 g/mol. The molecule has 3 aromatic rings. The third kappa shape index (κ3) is 2.43. The van der Waals surface area contributed by atoms with Gasteiger partial charge in [-0.05, 0) is 6.07 Å². The Labute approximate surface area is 137 Å².